The van der Waals surface area contributed by atoms with Crippen LogP contribution in [-0.2, 0) is 17.6 Å². The number of rotatable bonds is 8. The maximum absolute atomic E-state index is 5.34. The lowest BCUT2D eigenvalue weighted by molar-refractivity contribution is 0.147. The van der Waals surface area contributed by atoms with E-state index in [0.29, 0.717) is 0 Å². The van der Waals surface area contributed by atoms with E-state index in [1.54, 1.807) is 0 Å². The van der Waals surface area contributed by atoms with E-state index in [1.165, 1.54) is 16.8 Å². The van der Waals surface area contributed by atoms with E-state index in [0.717, 1.165) is 39.0 Å². The molecule has 0 saturated heterocycles. The Hall–Kier alpha value is -1.02. The van der Waals surface area contributed by atoms with Gasteiger partial charge in [-0.15, -0.1) is 0 Å². The number of ether oxygens (including phenoxy) is 1. The van der Waals surface area contributed by atoms with Crippen molar-refractivity contribution in [2.45, 2.75) is 40.0 Å². The van der Waals surface area contributed by atoms with Crippen molar-refractivity contribution in [2.75, 3.05) is 25.1 Å². The summed E-state index contributed by atoms with van der Waals surface area (Å²) in [7, 11) is 0. The van der Waals surface area contributed by atoms with Crippen LogP contribution in [0.15, 0.2) is 18.2 Å². The van der Waals surface area contributed by atoms with Crippen LogP contribution >= 0.6 is 0 Å². The second-order valence-electron chi connectivity index (χ2n) is 4.14. The third-order valence-electron chi connectivity index (χ3n) is 2.97. The minimum absolute atomic E-state index is 0.811. The molecular formula is C15H25NO. The summed E-state index contributed by atoms with van der Waals surface area (Å²) in [6.45, 7) is 9.10. The Balaban J connectivity index is 2.55. The lowest BCUT2D eigenvalue weighted by atomic mass is 10.0. The summed E-state index contributed by atoms with van der Waals surface area (Å²) in [4.78, 5) is 0. The average molecular weight is 235 g/mol. The summed E-state index contributed by atoms with van der Waals surface area (Å²) in [5.41, 5.74) is 4.18. The summed E-state index contributed by atoms with van der Waals surface area (Å²) < 4.78 is 5.34. The van der Waals surface area contributed by atoms with Crippen LogP contribution in [-0.4, -0.2) is 19.8 Å². The molecule has 2 heteroatoms. The first kappa shape index (κ1) is 14.0. The molecule has 0 aromatic heterocycles. The molecule has 2 nitrogen and oxygen atoms in total. The first-order chi connectivity index (χ1) is 8.33. The van der Waals surface area contributed by atoms with E-state index in [-0.39, 0.29) is 0 Å². The fraction of sp³-hybridized carbons (Fsp3) is 0.600. The first-order valence-electron chi connectivity index (χ1n) is 6.75. The van der Waals surface area contributed by atoms with Gasteiger partial charge >= 0.3 is 0 Å². The van der Waals surface area contributed by atoms with Crippen LogP contribution in [0.3, 0.4) is 0 Å². The van der Waals surface area contributed by atoms with E-state index >= 15 is 0 Å². The summed E-state index contributed by atoms with van der Waals surface area (Å²) in [6, 6.07) is 6.58. The van der Waals surface area contributed by atoms with Crippen molar-refractivity contribution >= 4 is 5.69 Å². The highest BCUT2D eigenvalue weighted by Crippen LogP contribution is 2.22. The summed E-state index contributed by atoms with van der Waals surface area (Å²) in [6.07, 6.45) is 3.23. The predicted molar refractivity (Wildman–Crippen MR) is 74.8 cm³/mol. The highest BCUT2D eigenvalue weighted by atomic mass is 16.5. The molecule has 0 amide bonds. The summed E-state index contributed by atoms with van der Waals surface area (Å²) in [5.74, 6) is 0. The van der Waals surface area contributed by atoms with Crippen LogP contribution in [0, 0.1) is 0 Å². The molecule has 0 radical (unpaired) electrons. The van der Waals surface area contributed by atoms with E-state index in [9.17, 15) is 0 Å². The van der Waals surface area contributed by atoms with Crippen molar-refractivity contribution < 1.29 is 4.74 Å². The Kier molecular flexibility index (Phi) is 6.71. The second-order valence-corrected chi connectivity index (χ2v) is 4.14. The van der Waals surface area contributed by atoms with Gasteiger partial charge in [-0.05, 0) is 37.3 Å². The number of hydrogen-bond acceptors (Lipinski definition) is 2. The van der Waals surface area contributed by atoms with E-state index in [2.05, 4.69) is 37.4 Å². The van der Waals surface area contributed by atoms with Crippen LogP contribution in [0.4, 0.5) is 5.69 Å². The zero-order valence-corrected chi connectivity index (χ0v) is 11.4. The van der Waals surface area contributed by atoms with Gasteiger partial charge in [-0.25, -0.2) is 0 Å². The molecule has 1 N–H and O–H groups in total. The Morgan fingerprint density at radius 3 is 2.24 bits per heavy atom. The maximum atomic E-state index is 5.34. The number of aryl methyl sites for hydroxylation is 2. The lowest BCUT2D eigenvalue weighted by Gasteiger charge is -2.15. The fourth-order valence-electron chi connectivity index (χ4n) is 2.00. The fourth-order valence-corrected chi connectivity index (χ4v) is 2.00. The number of nitrogens with one attached hydrogen (secondary N) is 1. The van der Waals surface area contributed by atoms with Crippen LogP contribution < -0.4 is 5.32 Å². The van der Waals surface area contributed by atoms with Gasteiger partial charge in [-0.3, -0.25) is 0 Å². The Bertz CT molecular complexity index is 300. The van der Waals surface area contributed by atoms with Gasteiger partial charge in [0.25, 0.3) is 0 Å². The summed E-state index contributed by atoms with van der Waals surface area (Å²) >= 11 is 0. The molecule has 0 aliphatic carbocycles. The topological polar surface area (TPSA) is 21.3 Å². The molecule has 0 bridgehead atoms. The van der Waals surface area contributed by atoms with Crippen molar-refractivity contribution in [1.82, 2.24) is 0 Å². The van der Waals surface area contributed by atoms with Gasteiger partial charge in [0.1, 0.15) is 0 Å². The van der Waals surface area contributed by atoms with E-state index < -0.39 is 0 Å². The van der Waals surface area contributed by atoms with Crippen molar-refractivity contribution in [3.05, 3.63) is 29.3 Å². The Morgan fingerprint density at radius 2 is 1.71 bits per heavy atom. The molecule has 96 valence electrons. The minimum atomic E-state index is 0.811. The normalized spacial score (nSPS) is 10.5. The van der Waals surface area contributed by atoms with Crippen LogP contribution in [0.1, 0.15) is 38.3 Å². The van der Waals surface area contributed by atoms with Crippen LogP contribution in [0.5, 0.6) is 0 Å². The standard InChI is InChI=1S/C15H25NO/c1-4-13-9-7-10-14(5-2)15(13)16-11-8-12-17-6-3/h7,9-10,16H,4-6,8,11-12H2,1-3H3. The largest absolute Gasteiger partial charge is 0.385 e. The molecule has 0 unspecified atom stereocenters. The van der Waals surface area contributed by atoms with Crippen LogP contribution in [0.2, 0.25) is 0 Å². The number of benzene rings is 1. The van der Waals surface area contributed by atoms with E-state index in [4.69, 9.17) is 4.74 Å². The molecule has 0 spiro atoms. The molecule has 1 aromatic carbocycles. The van der Waals surface area contributed by atoms with Gasteiger partial charge in [0.2, 0.25) is 0 Å². The van der Waals surface area contributed by atoms with Gasteiger partial charge in [0.05, 0.1) is 0 Å². The van der Waals surface area contributed by atoms with Gasteiger partial charge in [0.15, 0.2) is 0 Å². The molecule has 0 fully saturated rings. The zero-order valence-electron chi connectivity index (χ0n) is 11.4. The second kappa shape index (κ2) is 8.13. The Morgan fingerprint density at radius 1 is 1.06 bits per heavy atom. The maximum Gasteiger partial charge on any atom is 0.0482 e. The molecule has 0 saturated carbocycles. The number of para-hydroxylation sites is 1. The van der Waals surface area contributed by atoms with Crippen molar-refractivity contribution in [3.63, 3.8) is 0 Å². The highest BCUT2D eigenvalue weighted by molar-refractivity contribution is 5.57. The Labute approximate surface area is 105 Å². The molecule has 0 atom stereocenters. The molecule has 1 aromatic rings. The zero-order chi connectivity index (χ0) is 12.5. The number of hydrogen-bond donors (Lipinski definition) is 1. The predicted octanol–water partition coefficient (Wildman–Crippen LogP) is 3.65. The molecule has 0 aliphatic heterocycles. The molecule has 1 rings (SSSR count). The average Bonchev–Trinajstić information content (AvgIpc) is 2.38. The number of anilines is 1. The molecule has 0 heterocycles. The third-order valence-corrected chi connectivity index (χ3v) is 2.97. The van der Waals surface area contributed by atoms with Gasteiger partial charge < -0.3 is 10.1 Å². The first-order valence-corrected chi connectivity index (χ1v) is 6.75. The highest BCUT2D eigenvalue weighted by Gasteiger charge is 2.04. The SMILES string of the molecule is CCOCCCNc1c(CC)cccc1CC. The van der Waals surface area contributed by atoms with Crippen molar-refractivity contribution in [1.29, 1.82) is 0 Å². The van der Waals surface area contributed by atoms with E-state index in [1.807, 2.05) is 6.92 Å². The van der Waals surface area contributed by atoms with Gasteiger partial charge in [-0.2, -0.15) is 0 Å². The third kappa shape index (κ3) is 4.39. The molecule has 0 aliphatic rings. The minimum Gasteiger partial charge on any atom is -0.385 e. The monoisotopic (exact) mass is 235 g/mol. The van der Waals surface area contributed by atoms with Gasteiger partial charge in [0, 0.05) is 25.4 Å². The lowest BCUT2D eigenvalue weighted by Crippen LogP contribution is -2.09. The summed E-state index contributed by atoms with van der Waals surface area (Å²) in [5, 5.41) is 3.56. The molecule has 17 heavy (non-hydrogen) atoms. The quantitative estimate of drug-likeness (QED) is 0.694. The molecular weight excluding hydrogens is 210 g/mol. The van der Waals surface area contributed by atoms with Gasteiger partial charge in [-0.1, -0.05) is 32.0 Å². The van der Waals surface area contributed by atoms with Crippen LogP contribution in [0.25, 0.3) is 0 Å². The smallest absolute Gasteiger partial charge is 0.0482 e. The van der Waals surface area contributed by atoms with Crippen molar-refractivity contribution in [3.8, 4) is 0 Å². The van der Waals surface area contributed by atoms with Crippen molar-refractivity contribution in [2.24, 2.45) is 0 Å².